The molecule has 0 radical (unpaired) electrons. The molecule has 0 aliphatic heterocycles. The number of hydrogen-bond acceptors (Lipinski definition) is 5. The fraction of sp³-hybridized carbons (Fsp3) is 0.294. The van der Waals surface area contributed by atoms with E-state index in [9.17, 15) is 9.18 Å². The van der Waals surface area contributed by atoms with Crippen molar-refractivity contribution in [1.29, 1.82) is 0 Å². The van der Waals surface area contributed by atoms with Gasteiger partial charge in [-0.1, -0.05) is 6.92 Å². The number of nitrogens with one attached hydrogen (secondary N) is 1. The van der Waals surface area contributed by atoms with Gasteiger partial charge in [0.05, 0.1) is 24.3 Å². The monoisotopic (exact) mass is 340 g/mol. The van der Waals surface area contributed by atoms with E-state index in [1.165, 1.54) is 4.52 Å². The Hall–Kier alpha value is -3.03. The minimum atomic E-state index is -0.558. The predicted octanol–water partition coefficient (Wildman–Crippen LogP) is 2.54. The number of fused-ring (bicyclic) bond motifs is 1. The zero-order valence-corrected chi connectivity index (χ0v) is 13.7. The second-order valence-corrected chi connectivity index (χ2v) is 6.14. The molecular formula is C17H17FN6O. The molecule has 1 saturated carbocycles. The number of rotatable bonds is 4. The second kappa shape index (κ2) is 5.80. The summed E-state index contributed by atoms with van der Waals surface area (Å²) in [6.07, 6.45) is 8.73. The summed E-state index contributed by atoms with van der Waals surface area (Å²) in [5.74, 6) is -0.522. The van der Waals surface area contributed by atoms with Crippen LogP contribution in [0.3, 0.4) is 0 Å². The van der Waals surface area contributed by atoms with Crippen molar-refractivity contribution in [3.63, 3.8) is 0 Å². The number of nitrogen functional groups attached to an aromatic ring is 1. The van der Waals surface area contributed by atoms with E-state index in [2.05, 4.69) is 27.3 Å². The highest BCUT2D eigenvalue weighted by molar-refractivity contribution is 6.11. The number of aryl methyl sites for hydroxylation is 1. The van der Waals surface area contributed by atoms with E-state index in [0.717, 1.165) is 42.8 Å². The summed E-state index contributed by atoms with van der Waals surface area (Å²) in [6.45, 7) is 2.07. The average molecular weight is 340 g/mol. The summed E-state index contributed by atoms with van der Waals surface area (Å²) in [4.78, 5) is 20.9. The number of nitrogens with two attached hydrogens (primary N) is 1. The molecule has 0 aromatic carbocycles. The van der Waals surface area contributed by atoms with Crippen LogP contribution in [0.5, 0.6) is 0 Å². The van der Waals surface area contributed by atoms with Crippen molar-refractivity contribution in [3.05, 3.63) is 47.3 Å². The van der Waals surface area contributed by atoms with Crippen LogP contribution in [0.2, 0.25) is 0 Å². The van der Waals surface area contributed by atoms with E-state index in [-0.39, 0.29) is 17.0 Å². The van der Waals surface area contributed by atoms with Gasteiger partial charge in [-0.3, -0.25) is 9.78 Å². The molecule has 3 heterocycles. The first-order valence-corrected chi connectivity index (χ1v) is 8.16. The molecule has 128 valence electrons. The first-order chi connectivity index (χ1) is 12.1. The van der Waals surface area contributed by atoms with E-state index in [1.54, 1.807) is 6.20 Å². The number of anilines is 2. The second-order valence-electron chi connectivity index (χ2n) is 6.14. The summed E-state index contributed by atoms with van der Waals surface area (Å²) in [6, 6.07) is 0. The van der Waals surface area contributed by atoms with E-state index in [1.807, 2.05) is 6.20 Å². The molecule has 1 aliphatic rings. The van der Waals surface area contributed by atoms with Crippen LogP contribution >= 0.6 is 0 Å². The minimum Gasteiger partial charge on any atom is -0.381 e. The van der Waals surface area contributed by atoms with E-state index in [4.69, 9.17) is 5.73 Å². The predicted molar refractivity (Wildman–Crippen MR) is 90.9 cm³/mol. The van der Waals surface area contributed by atoms with Crippen LogP contribution in [0.25, 0.3) is 5.65 Å². The summed E-state index contributed by atoms with van der Waals surface area (Å²) >= 11 is 0. The number of carbonyl (C=O) groups excluding carboxylic acids is 1. The van der Waals surface area contributed by atoms with Gasteiger partial charge in [0.25, 0.3) is 5.91 Å². The van der Waals surface area contributed by atoms with Crippen LogP contribution in [0, 0.1) is 5.82 Å². The molecule has 3 aromatic rings. The molecule has 8 heteroatoms. The number of nitrogens with zero attached hydrogens (tertiary/aromatic N) is 4. The maximum atomic E-state index is 13.3. The summed E-state index contributed by atoms with van der Waals surface area (Å²) in [5.41, 5.74) is 9.15. The largest absolute Gasteiger partial charge is 0.381 e. The van der Waals surface area contributed by atoms with Gasteiger partial charge in [-0.25, -0.2) is 13.9 Å². The van der Waals surface area contributed by atoms with Gasteiger partial charge < -0.3 is 11.1 Å². The smallest absolute Gasteiger partial charge is 0.263 e. The molecular weight excluding hydrogens is 323 g/mol. The first-order valence-electron chi connectivity index (χ1n) is 8.16. The fourth-order valence-electron chi connectivity index (χ4n) is 3.08. The fourth-order valence-corrected chi connectivity index (χ4v) is 3.08. The van der Waals surface area contributed by atoms with Crippen molar-refractivity contribution in [1.82, 2.24) is 19.6 Å². The maximum Gasteiger partial charge on any atom is 0.263 e. The number of halogens is 1. The molecule has 0 bridgehead atoms. The molecule has 7 nitrogen and oxygen atoms in total. The molecule has 1 fully saturated rings. The van der Waals surface area contributed by atoms with Crippen molar-refractivity contribution in [2.45, 2.75) is 32.1 Å². The van der Waals surface area contributed by atoms with Gasteiger partial charge in [-0.2, -0.15) is 0 Å². The van der Waals surface area contributed by atoms with Crippen LogP contribution in [0.1, 0.15) is 47.2 Å². The zero-order chi connectivity index (χ0) is 17.6. The molecule has 0 unspecified atom stereocenters. The highest BCUT2D eigenvalue weighted by Crippen LogP contribution is 2.45. The Morgan fingerprint density at radius 3 is 2.92 bits per heavy atom. The van der Waals surface area contributed by atoms with Gasteiger partial charge in [-0.05, 0) is 36.3 Å². The van der Waals surface area contributed by atoms with Crippen molar-refractivity contribution in [3.8, 4) is 0 Å². The highest BCUT2D eigenvalue weighted by Gasteiger charge is 2.30. The molecule has 0 atom stereocenters. The van der Waals surface area contributed by atoms with Gasteiger partial charge in [0.1, 0.15) is 5.56 Å². The van der Waals surface area contributed by atoms with Crippen LogP contribution in [0.4, 0.5) is 15.9 Å². The average Bonchev–Trinajstić information content (AvgIpc) is 3.36. The van der Waals surface area contributed by atoms with Crippen LogP contribution in [-0.4, -0.2) is 25.5 Å². The minimum absolute atomic E-state index is 0.00294. The summed E-state index contributed by atoms with van der Waals surface area (Å²) in [7, 11) is 0. The molecule has 4 rings (SSSR count). The SMILES string of the molecule is CCc1cncc(NC(=O)c2c(N)nn3cc(F)cnc23)c1C1CC1. The van der Waals surface area contributed by atoms with Crippen molar-refractivity contribution in [2.75, 3.05) is 11.1 Å². The Morgan fingerprint density at radius 2 is 2.20 bits per heavy atom. The van der Waals surface area contributed by atoms with Gasteiger partial charge in [0.15, 0.2) is 17.3 Å². The van der Waals surface area contributed by atoms with Gasteiger partial charge >= 0.3 is 0 Å². The summed E-state index contributed by atoms with van der Waals surface area (Å²) in [5, 5.41) is 6.84. The van der Waals surface area contributed by atoms with Gasteiger partial charge in [0, 0.05) is 6.20 Å². The lowest BCUT2D eigenvalue weighted by molar-refractivity contribution is 0.102. The quantitative estimate of drug-likeness (QED) is 0.760. The Balaban J connectivity index is 1.73. The van der Waals surface area contributed by atoms with Gasteiger partial charge in [-0.15, -0.1) is 5.10 Å². The highest BCUT2D eigenvalue weighted by atomic mass is 19.1. The van der Waals surface area contributed by atoms with E-state index in [0.29, 0.717) is 11.6 Å². The number of aromatic nitrogens is 4. The van der Waals surface area contributed by atoms with Crippen molar-refractivity contribution >= 4 is 23.1 Å². The normalized spacial score (nSPS) is 14.0. The molecule has 1 aliphatic carbocycles. The summed E-state index contributed by atoms with van der Waals surface area (Å²) < 4.78 is 14.5. The standard InChI is InChI=1S/C17H17FN6O/c1-2-9-5-20-7-12(13(9)10-3-4-10)22-17(25)14-15(19)23-24-8-11(18)6-21-16(14)24/h5-8,10H,2-4H2,1H3,(H2,19,23)(H,22,25). The zero-order valence-electron chi connectivity index (χ0n) is 13.7. The number of carbonyl (C=O) groups is 1. The number of pyridine rings is 1. The molecule has 0 spiro atoms. The third kappa shape index (κ3) is 2.69. The number of hydrogen-bond donors (Lipinski definition) is 2. The number of amides is 1. The molecule has 3 aromatic heterocycles. The third-order valence-electron chi connectivity index (χ3n) is 4.38. The van der Waals surface area contributed by atoms with Gasteiger partial charge in [0.2, 0.25) is 0 Å². The first kappa shape index (κ1) is 15.5. The molecule has 25 heavy (non-hydrogen) atoms. The lowest BCUT2D eigenvalue weighted by Gasteiger charge is -2.13. The third-order valence-corrected chi connectivity index (χ3v) is 4.38. The topological polar surface area (TPSA) is 98.2 Å². The van der Waals surface area contributed by atoms with Crippen LogP contribution < -0.4 is 11.1 Å². The maximum absolute atomic E-state index is 13.3. The lowest BCUT2D eigenvalue weighted by atomic mass is 10.0. The van der Waals surface area contributed by atoms with E-state index < -0.39 is 11.7 Å². The van der Waals surface area contributed by atoms with Crippen molar-refractivity contribution < 1.29 is 9.18 Å². The molecule has 3 N–H and O–H groups in total. The van der Waals surface area contributed by atoms with E-state index >= 15 is 0 Å². The Kier molecular flexibility index (Phi) is 3.60. The van der Waals surface area contributed by atoms with Crippen LogP contribution in [0.15, 0.2) is 24.8 Å². The Bertz CT molecular complexity index is 979. The Labute approximate surface area is 143 Å². The molecule has 0 saturated heterocycles. The Morgan fingerprint density at radius 1 is 1.40 bits per heavy atom. The van der Waals surface area contributed by atoms with Crippen LogP contribution in [-0.2, 0) is 6.42 Å². The molecule has 1 amide bonds. The van der Waals surface area contributed by atoms with Crippen molar-refractivity contribution in [2.24, 2.45) is 0 Å². The lowest BCUT2D eigenvalue weighted by Crippen LogP contribution is -2.16.